The van der Waals surface area contributed by atoms with Crippen LogP contribution in [0.15, 0.2) is 23.1 Å². The quantitative estimate of drug-likeness (QED) is 0.482. The number of esters is 1. The summed E-state index contributed by atoms with van der Waals surface area (Å²) in [6.07, 6.45) is -2.52. The highest BCUT2D eigenvalue weighted by molar-refractivity contribution is 7.89. The maximum absolute atomic E-state index is 13.5. The number of hydrogen-bond acceptors (Lipinski definition) is 7. The van der Waals surface area contributed by atoms with Gasteiger partial charge in [0.25, 0.3) is 5.91 Å². The Labute approximate surface area is 154 Å². The molecule has 0 radical (unpaired) electrons. The van der Waals surface area contributed by atoms with E-state index in [1.165, 1.54) is 6.92 Å². The van der Waals surface area contributed by atoms with Crippen LogP contribution < -0.4 is 10.0 Å². The molecule has 0 heterocycles. The molecule has 1 atom stereocenters. The zero-order valence-electron chi connectivity index (χ0n) is 14.5. The Morgan fingerprint density at radius 3 is 2.48 bits per heavy atom. The van der Waals surface area contributed by atoms with Crippen LogP contribution in [0.25, 0.3) is 0 Å². The van der Waals surface area contributed by atoms with E-state index in [1.54, 1.807) is 0 Å². The summed E-state index contributed by atoms with van der Waals surface area (Å²) in [6.45, 7) is 1.01. The number of alkyl carbamates (subject to hydrolysis) is 1. The van der Waals surface area contributed by atoms with Crippen LogP contribution in [0, 0.1) is 11.6 Å². The van der Waals surface area contributed by atoms with Crippen molar-refractivity contribution in [2.24, 2.45) is 0 Å². The van der Waals surface area contributed by atoms with Crippen molar-refractivity contribution in [2.45, 2.75) is 30.8 Å². The van der Waals surface area contributed by atoms with Crippen LogP contribution in [-0.4, -0.2) is 46.1 Å². The molecular formula is C15H18F2N2O7S. The van der Waals surface area contributed by atoms with Crippen LogP contribution in [0.4, 0.5) is 13.6 Å². The first kappa shape index (κ1) is 22.4. The fourth-order valence-electron chi connectivity index (χ4n) is 1.77. The number of halogens is 2. The minimum Gasteiger partial charge on any atom is -0.453 e. The Morgan fingerprint density at radius 1 is 1.22 bits per heavy atom. The van der Waals surface area contributed by atoms with Crippen molar-refractivity contribution in [3.63, 3.8) is 0 Å². The Kier molecular flexibility index (Phi) is 8.25. The molecule has 12 heteroatoms. The zero-order chi connectivity index (χ0) is 20.6. The first-order valence-corrected chi connectivity index (χ1v) is 9.08. The van der Waals surface area contributed by atoms with E-state index in [-0.39, 0.29) is 19.4 Å². The summed E-state index contributed by atoms with van der Waals surface area (Å²) >= 11 is 0. The second-order valence-corrected chi connectivity index (χ2v) is 6.92. The van der Waals surface area contributed by atoms with E-state index < -0.39 is 50.6 Å². The van der Waals surface area contributed by atoms with Gasteiger partial charge in [-0.25, -0.2) is 26.7 Å². The summed E-state index contributed by atoms with van der Waals surface area (Å²) in [5.41, 5.74) is 0. The third kappa shape index (κ3) is 7.27. The molecule has 0 spiro atoms. The third-order valence-corrected chi connectivity index (χ3v) is 4.62. The van der Waals surface area contributed by atoms with Crippen molar-refractivity contribution in [3.8, 4) is 0 Å². The van der Waals surface area contributed by atoms with Gasteiger partial charge < -0.3 is 9.47 Å². The van der Waals surface area contributed by atoms with Gasteiger partial charge in [0.15, 0.2) is 6.10 Å². The topological polar surface area (TPSA) is 128 Å². The fraction of sp³-hybridized carbons (Fsp3) is 0.400. The lowest BCUT2D eigenvalue weighted by molar-refractivity contribution is -0.154. The molecule has 0 unspecified atom stereocenters. The number of hydrogen-bond donors (Lipinski definition) is 2. The third-order valence-electron chi connectivity index (χ3n) is 3.12. The molecule has 0 bridgehead atoms. The Bertz CT molecular complexity index is 814. The lowest BCUT2D eigenvalue weighted by atomic mass is 10.3. The highest BCUT2D eigenvalue weighted by Crippen LogP contribution is 2.15. The fourth-order valence-corrected chi connectivity index (χ4v) is 2.90. The zero-order valence-corrected chi connectivity index (χ0v) is 15.3. The van der Waals surface area contributed by atoms with E-state index in [9.17, 15) is 31.6 Å². The summed E-state index contributed by atoms with van der Waals surface area (Å²) in [5, 5.41) is 1.82. The van der Waals surface area contributed by atoms with Crippen molar-refractivity contribution in [2.75, 3.05) is 13.7 Å². The molecule has 2 N–H and O–H groups in total. The largest absolute Gasteiger partial charge is 0.453 e. The van der Waals surface area contributed by atoms with E-state index in [4.69, 9.17) is 4.74 Å². The van der Waals surface area contributed by atoms with E-state index in [0.717, 1.165) is 19.2 Å². The second-order valence-electron chi connectivity index (χ2n) is 5.19. The van der Waals surface area contributed by atoms with Gasteiger partial charge in [-0.2, -0.15) is 0 Å². The van der Waals surface area contributed by atoms with Crippen LogP contribution in [0.5, 0.6) is 0 Å². The number of sulfonamides is 1. The van der Waals surface area contributed by atoms with Gasteiger partial charge in [0.2, 0.25) is 10.0 Å². The number of methoxy groups -OCH3 is 1. The average molecular weight is 408 g/mol. The van der Waals surface area contributed by atoms with Gasteiger partial charge in [0.1, 0.15) is 16.5 Å². The van der Waals surface area contributed by atoms with Crippen LogP contribution in [0.1, 0.15) is 19.8 Å². The Hall–Kier alpha value is -2.60. The van der Waals surface area contributed by atoms with Crippen molar-refractivity contribution in [1.82, 2.24) is 10.0 Å². The van der Waals surface area contributed by atoms with Gasteiger partial charge in [-0.05, 0) is 25.5 Å². The lowest BCUT2D eigenvalue weighted by Gasteiger charge is -2.12. The molecule has 1 aromatic carbocycles. The minimum absolute atomic E-state index is 0.00772. The molecule has 0 aliphatic heterocycles. The van der Waals surface area contributed by atoms with Gasteiger partial charge in [-0.1, -0.05) is 0 Å². The smallest absolute Gasteiger partial charge is 0.413 e. The summed E-state index contributed by atoms with van der Waals surface area (Å²) in [6, 6.07) is 2.02. The van der Waals surface area contributed by atoms with Gasteiger partial charge in [-0.15, -0.1) is 0 Å². The van der Waals surface area contributed by atoms with Crippen LogP contribution >= 0.6 is 0 Å². The van der Waals surface area contributed by atoms with E-state index in [1.807, 2.05) is 5.32 Å². The van der Waals surface area contributed by atoms with Gasteiger partial charge in [-0.3, -0.25) is 14.9 Å². The standard InChI is InChI=1S/C15H18F2N2O7S/c1-9(14(21)19-15(22)25-2)26-13(20)4-3-7-18-27(23,24)12-6-5-10(16)8-11(12)17/h5-6,8-9,18H,3-4,7H2,1-2H3,(H,19,21,22)/t9-/m1/s1. The number of benzene rings is 1. The molecule has 2 amide bonds. The lowest BCUT2D eigenvalue weighted by Crippen LogP contribution is -2.39. The average Bonchev–Trinajstić information content (AvgIpc) is 2.58. The van der Waals surface area contributed by atoms with E-state index in [0.29, 0.717) is 6.07 Å². The number of rotatable bonds is 8. The molecule has 1 rings (SSSR count). The molecule has 0 aliphatic carbocycles. The normalized spacial score (nSPS) is 12.1. The maximum Gasteiger partial charge on any atom is 0.413 e. The van der Waals surface area contributed by atoms with Crippen LogP contribution in [0.2, 0.25) is 0 Å². The predicted octanol–water partition coefficient (Wildman–Crippen LogP) is 0.838. The van der Waals surface area contributed by atoms with E-state index >= 15 is 0 Å². The highest BCUT2D eigenvalue weighted by atomic mass is 32.2. The molecule has 1 aromatic rings. The van der Waals surface area contributed by atoms with Gasteiger partial charge >= 0.3 is 12.1 Å². The van der Waals surface area contributed by atoms with Crippen LogP contribution in [0.3, 0.4) is 0 Å². The summed E-state index contributed by atoms with van der Waals surface area (Å²) in [7, 11) is -3.16. The number of ether oxygens (including phenoxy) is 2. The van der Waals surface area contributed by atoms with Crippen LogP contribution in [-0.2, 0) is 29.1 Å². The van der Waals surface area contributed by atoms with Gasteiger partial charge in [0, 0.05) is 19.0 Å². The van der Waals surface area contributed by atoms with Crippen molar-refractivity contribution < 1.29 is 41.1 Å². The molecule has 150 valence electrons. The van der Waals surface area contributed by atoms with Crippen molar-refractivity contribution in [1.29, 1.82) is 0 Å². The molecule has 0 saturated heterocycles. The number of carbonyl (C=O) groups excluding carboxylic acids is 3. The monoisotopic (exact) mass is 408 g/mol. The Morgan fingerprint density at radius 2 is 1.89 bits per heavy atom. The number of amides is 2. The predicted molar refractivity (Wildman–Crippen MR) is 86.9 cm³/mol. The summed E-state index contributed by atoms with van der Waals surface area (Å²) < 4.78 is 61.2. The molecule has 27 heavy (non-hydrogen) atoms. The maximum atomic E-state index is 13.5. The number of imide groups is 1. The molecular weight excluding hydrogens is 390 g/mol. The highest BCUT2D eigenvalue weighted by Gasteiger charge is 2.21. The molecule has 9 nitrogen and oxygen atoms in total. The SMILES string of the molecule is COC(=O)NC(=O)[C@@H](C)OC(=O)CCCNS(=O)(=O)c1ccc(F)cc1F. The first-order chi connectivity index (χ1) is 12.6. The second kappa shape index (κ2) is 9.92. The number of nitrogens with one attached hydrogen (secondary N) is 2. The molecule has 0 aliphatic rings. The minimum atomic E-state index is -4.22. The summed E-state index contributed by atoms with van der Waals surface area (Å²) in [4.78, 5) is 33.2. The number of carbonyl (C=O) groups is 3. The Balaban J connectivity index is 2.43. The molecule has 0 aromatic heterocycles. The van der Waals surface area contributed by atoms with Gasteiger partial charge in [0.05, 0.1) is 7.11 Å². The molecule has 0 fully saturated rings. The summed E-state index contributed by atoms with van der Waals surface area (Å²) in [5.74, 6) is -3.86. The first-order valence-electron chi connectivity index (χ1n) is 7.60. The molecule has 0 saturated carbocycles. The van der Waals surface area contributed by atoms with Crippen molar-refractivity contribution in [3.05, 3.63) is 29.8 Å². The van der Waals surface area contributed by atoms with E-state index in [2.05, 4.69) is 9.46 Å². The van der Waals surface area contributed by atoms with Crippen molar-refractivity contribution >= 4 is 28.0 Å².